The molecule has 0 spiro atoms. The van der Waals surface area contributed by atoms with Crippen molar-refractivity contribution in [3.63, 3.8) is 0 Å². The lowest BCUT2D eigenvalue weighted by Gasteiger charge is -2.34. The molecule has 92 valence electrons. The molecule has 1 aromatic carbocycles. The summed E-state index contributed by atoms with van der Waals surface area (Å²) in [5.41, 5.74) is 1.66. The van der Waals surface area contributed by atoms with Crippen molar-refractivity contribution < 1.29 is 14.6 Å². The van der Waals surface area contributed by atoms with Crippen LogP contribution in [0.1, 0.15) is 17.3 Å². The van der Waals surface area contributed by atoms with Gasteiger partial charge < -0.3 is 14.7 Å². The van der Waals surface area contributed by atoms with Crippen LogP contribution in [-0.2, 0) is 4.74 Å². The molecule has 0 radical (unpaired) electrons. The molecular formula is C13H17NO3. The lowest BCUT2D eigenvalue weighted by atomic mass is 10.1. The van der Waals surface area contributed by atoms with Crippen molar-refractivity contribution >= 4 is 11.5 Å². The highest BCUT2D eigenvalue weighted by atomic mass is 16.5. The number of benzene rings is 1. The molecule has 0 amide bonds. The van der Waals surface area contributed by atoms with Gasteiger partial charge in [0.2, 0.25) is 0 Å². The first-order valence-electron chi connectivity index (χ1n) is 5.79. The predicted molar refractivity (Wildman–Crippen MR) is 65.5 cm³/mol. The van der Waals surface area contributed by atoms with Crippen molar-refractivity contribution in [2.75, 3.05) is 31.2 Å². The number of anilines is 1. The summed E-state index contributed by atoms with van der Waals surface area (Å²) in [6, 6.07) is 7.56. The summed E-state index contributed by atoms with van der Waals surface area (Å²) in [5, 5.41) is 9.12. The minimum Gasteiger partial charge on any atom is -0.394 e. The Kier molecular flexibility index (Phi) is 3.76. The number of Topliss-reactive ketones (excluding diaryl/α,β-unsaturated/α-hetero) is 1. The Bertz CT molecular complexity index is 405. The Labute approximate surface area is 101 Å². The number of rotatable bonds is 3. The number of morpholine rings is 1. The number of carbonyl (C=O) groups is 1. The smallest absolute Gasteiger partial charge is 0.161 e. The van der Waals surface area contributed by atoms with Gasteiger partial charge in [0, 0.05) is 24.3 Å². The molecule has 4 nitrogen and oxygen atoms in total. The second-order valence-electron chi connectivity index (χ2n) is 4.19. The molecule has 17 heavy (non-hydrogen) atoms. The molecule has 1 aliphatic heterocycles. The van der Waals surface area contributed by atoms with Gasteiger partial charge in [0.05, 0.1) is 19.3 Å². The van der Waals surface area contributed by atoms with Crippen LogP contribution in [0.15, 0.2) is 24.3 Å². The van der Waals surface area contributed by atoms with Crippen LogP contribution in [0.2, 0.25) is 0 Å². The van der Waals surface area contributed by atoms with Crippen molar-refractivity contribution in [2.45, 2.75) is 13.0 Å². The Hall–Kier alpha value is -1.39. The van der Waals surface area contributed by atoms with Crippen molar-refractivity contribution in [1.29, 1.82) is 0 Å². The second-order valence-corrected chi connectivity index (χ2v) is 4.19. The summed E-state index contributed by atoms with van der Waals surface area (Å²) in [6.07, 6.45) is -0.163. The molecule has 1 atom stereocenters. The van der Waals surface area contributed by atoms with Gasteiger partial charge in [0.25, 0.3) is 0 Å². The van der Waals surface area contributed by atoms with Crippen molar-refractivity contribution in [3.05, 3.63) is 29.8 Å². The van der Waals surface area contributed by atoms with E-state index in [1.807, 2.05) is 24.3 Å². The third-order valence-electron chi connectivity index (χ3n) is 2.97. The Morgan fingerprint density at radius 1 is 1.53 bits per heavy atom. The Balaban J connectivity index is 2.24. The van der Waals surface area contributed by atoms with Crippen LogP contribution in [-0.4, -0.2) is 43.3 Å². The summed E-state index contributed by atoms with van der Waals surface area (Å²) < 4.78 is 5.40. The van der Waals surface area contributed by atoms with E-state index in [0.717, 1.165) is 17.8 Å². The Morgan fingerprint density at radius 2 is 2.29 bits per heavy atom. The van der Waals surface area contributed by atoms with Gasteiger partial charge in [-0.1, -0.05) is 12.1 Å². The van der Waals surface area contributed by atoms with Crippen LogP contribution in [0.4, 0.5) is 5.69 Å². The van der Waals surface area contributed by atoms with Gasteiger partial charge in [-0.3, -0.25) is 4.79 Å². The zero-order valence-electron chi connectivity index (χ0n) is 9.93. The van der Waals surface area contributed by atoms with E-state index in [-0.39, 0.29) is 18.5 Å². The Morgan fingerprint density at radius 3 is 3.00 bits per heavy atom. The molecule has 0 bridgehead atoms. The fourth-order valence-electron chi connectivity index (χ4n) is 2.10. The van der Waals surface area contributed by atoms with Crippen molar-refractivity contribution in [1.82, 2.24) is 0 Å². The van der Waals surface area contributed by atoms with E-state index in [2.05, 4.69) is 4.90 Å². The number of para-hydroxylation sites is 1. The number of ketones is 1. The van der Waals surface area contributed by atoms with Gasteiger partial charge in [-0.25, -0.2) is 0 Å². The number of hydrogen-bond acceptors (Lipinski definition) is 4. The molecule has 1 aliphatic rings. The molecule has 4 heteroatoms. The molecule has 0 saturated carbocycles. The summed E-state index contributed by atoms with van der Waals surface area (Å²) in [6.45, 7) is 3.54. The van der Waals surface area contributed by atoms with Crippen molar-refractivity contribution in [3.8, 4) is 0 Å². The largest absolute Gasteiger partial charge is 0.394 e. The van der Waals surface area contributed by atoms with E-state index in [4.69, 9.17) is 9.84 Å². The number of aliphatic hydroxyl groups is 1. The van der Waals surface area contributed by atoms with Crippen LogP contribution in [0.25, 0.3) is 0 Å². The minimum absolute atomic E-state index is 0.0126. The van der Waals surface area contributed by atoms with E-state index in [9.17, 15) is 4.79 Å². The summed E-state index contributed by atoms with van der Waals surface area (Å²) >= 11 is 0. The zero-order chi connectivity index (χ0) is 12.3. The molecule has 1 saturated heterocycles. The SMILES string of the molecule is CC(=O)c1ccccc1N1CCOC(CO)C1. The molecular weight excluding hydrogens is 218 g/mol. The maximum absolute atomic E-state index is 11.6. The third-order valence-corrected chi connectivity index (χ3v) is 2.97. The van der Waals surface area contributed by atoms with Gasteiger partial charge in [-0.05, 0) is 19.1 Å². The molecule has 0 aliphatic carbocycles. The van der Waals surface area contributed by atoms with E-state index in [1.54, 1.807) is 6.92 Å². The normalized spacial score (nSPS) is 20.4. The van der Waals surface area contributed by atoms with Gasteiger partial charge >= 0.3 is 0 Å². The first kappa shape index (κ1) is 12.1. The number of hydrogen-bond donors (Lipinski definition) is 1. The molecule has 1 N–H and O–H groups in total. The first-order chi connectivity index (χ1) is 8.22. The molecule has 1 unspecified atom stereocenters. The van der Waals surface area contributed by atoms with E-state index in [0.29, 0.717) is 13.2 Å². The maximum Gasteiger partial charge on any atom is 0.161 e. The highest BCUT2D eigenvalue weighted by molar-refractivity contribution is 5.99. The zero-order valence-corrected chi connectivity index (χ0v) is 9.93. The molecule has 0 aromatic heterocycles. The topological polar surface area (TPSA) is 49.8 Å². The standard InChI is InChI=1S/C13H17NO3/c1-10(16)12-4-2-3-5-13(12)14-6-7-17-11(8-14)9-15/h2-5,11,15H,6-9H2,1H3. The third kappa shape index (κ3) is 2.65. The first-order valence-corrected chi connectivity index (χ1v) is 5.79. The minimum atomic E-state index is -0.163. The number of aliphatic hydroxyl groups excluding tert-OH is 1. The summed E-state index contributed by atoms with van der Waals surface area (Å²) in [5.74, 6) is 0.0626. The number of ether oxygens (including phenoxy) is 1. The summed E-state index contributed by atoms with van der Waals surface area (Å²) in [7, 11) is 0. The quantitative estimate of drug-likeness (QED) is 0.797. The molecule has 1 fully saturated rings. The van der Waals surface area contributed by atoms with E-state index in [1.165, 1.54) is 0 Å². The molecule has 1 aromatic rings. The highest BCUT2D eigenvalue weighted by Crippen LogP contribution is 2.23. The maximum atomic E-state index is 11.6. The lowest BCUT2D eigenvalue weighted by Crippen LogP contribution is -2.44. The molecule has 1 heterocycles. The monoisotopic (exact) mass is 235 g/mol. The van der Waals surface area contributed by atoms with Gasteiger partial charge in [-0.15, -0.1) is 0 Å². The van der Waals surface area contributed by atoms with Gasteiger partial charge in [0.15, 0.2) is 5.78 Å². The molecule has 2 rings (SSSR count). The van der Waals surface area contributed by atoms with E-state index >= 15 is 0 Å². The lowest BCUT2D eigenvalue weighted by molar-refractivity contribution is 0.00353. The number of nitrogens with zero attached hydrogens (tertiary/aromatic N) is 1. The van der Waals surface area contributed by atoms with Crippen LogP contribution < -0.4 is 4.90 Å². The van der Waals surface area contributed by atoms with E-state index < -0.39 is 0 Å². The predicted octanol–water partition coefficient (Wildman–Crippen LogP) is 1.09. The summed E-state index contributed by atoms with van der Waals surface area (Å²) in [4.78, 5) is 13.7. The highest BCUT2D eigenvalue weighted by Gasteiger charge is 2.22. The van der Waals surface area contributed by atoms with Crippen molar-refractivity contribution in [2.24, 2.45) is 0 Å². The van der Waals surface area contributed by atoms with Crippen LogP contribution in [0, 0.1) is 0 Å². The van der Waals surface area contributed by atoms with Gasteiger partial charge in [-0.2, -0.15) is 0 Å². The second kappa shape index (κ2) is 5.29. The number of carbonyl (C=O) groups excluding carboxylic acids is 1. The average molecular weight is 235 g/mol. The van der Waals surface area contributed by atoms with Crippen LogP contribution in [0.5, 0.6) is 0 Å². The van der Waals surface area contributed by atoms with Crippen LogP contribution in [0.3, 0.4) is 0 Å². The van der Waals surface area contributed by atoms with Gasteiger partial charge in [0.1, 0.15) is 0 Å². The fraction of sp³-hybridized carbons (Fsp3) is 0.462. The average Bonchev–Trinajstić information content (AvgIpc) is 2.39. The van der Waals surface area contributed by atoms with Crippen LogP contribution >= 0.6 is 0 Å². The fourth-order valence-corrected chi connectivity index (χ4v) is 2.10.